The second kappa shape index (κ2) is 8.13. The van der Waals surface area contributed by atoms with Crippen molar-refractivity contribution in [2.45, 2.75) is 45.1 Å². The molecule has 1 aliphatic carbocycles. The molecule has 2 atom stereocenters. The van der Waals surface area contributed by atoms with E-state index < -0.39 is 17.5 Å². The van der Waals surface area contributed by atoms with Crippen molar-refractivity contribution < 1.29 is 13.6 Å². The molecule has 0 bridgehead atoms. The molecule has 1 N–H and O–H groups in total. The van der Waals surface area contributed by atoms with Crippen molar-refractivity contribution in [2.75, 3.05) is 18.0 Å². The predicted molar refractivity (Wildman–Crippen MR) is 111 cm³/mol. The van der Waals surface area contributed by atoms with E-state index in [0.29, 0.717) is 24.9 Å². The van der Waals surface area contributed by atoms with Gasteiger partial charge in [0.05, 0.1) is 0 Å². The van der Waals surface area contributed by atoms with Gasteiger partial charge in [-0.3, -0.25) is 4.79 Å². The number of benzene rings is 2. The molecule has 1 aliphatic heterocycles. The molecule has 1 heterocycles. The molecule has 154 valence electrons. The maximum Gasteiger partial charge on any atom is 0.251 e. The summed E-state index contributed by atoms with van der Waals surface area (Å²) in [5.41, 5.74) is 1.45. The molecule has 4 rings (SSSR count). The molecule has 0 aromatic heterocycles. The number of carbonyl (C=O) groups excluding carboxylic acids is 1. The van der Waals surface area contributed by atoms with Crippen LogP contribution < -0.4 is 10.2 Å². The van der Waals surface area contributed by atoms with Crippen LogP contribution in [-0.2, 0) is 0 Å². The third kappa shape index (κ3) is 4.44. The van der Waals surface area contributed by atoms with Gasteiger partial charge in [-0.1, -0.05) is 30.3 Å². The van der Waals surface area contributed by atoms with E-state index in [0.717, 1.165) is 24.5 Å². The Labute approximate surface area is 171 Å². The number of nitrogens with zero attached hydrogens (tertiary/aromatic N) is 1. The van der Waals surface area contributed by atoms with Crippen LogP contribution in [0.4, 0.5) is 14.5 Å². The molecule has 2 aromatic rings. The zero-order valence-corrected chi connectivity index (χ0v) is 17.0. The normalized spacial score (nSPS) is 21.2. The van der Waals surface area contributed by atoms with E-state index in [1.165, 1.54) is 18.4 Å². The monoisotopic (exact) mass is 398 g/mol. The number of anilines is 1. The van der Waals surface area contributed by atoms with Crippen LogP contribution in [-0.4, -0.2) is 25.0 Å². The minimum atomic E-state index is -0.663. The molecule has 2 fully saturated rings. The molecular weight excluding hydrogens is 370 g/mol. The van der Waals surface area contributed by atoms with E-state index in [-0.39, 0.29) is 17.3 Å². The zero-order valence-electron chi connectivity index (χ0n) is 17.0. The van der Waals surface area contributed by atoms with E-state index in [9.17, 15) is 13.6 Å². The van der Waals surface area contributed by atoms with Gasteiger partial charge in [0.25, 0.3) is 5.91 Å². The average Bonchev–Trinajstić information content (AvgIpc) is 3.42. The van der Waals surface area contributed by atoms with Gasteiger partial charge in [0.15, 0.2) is 0 Å². The van der Waals surface area contributed by atoms with Crippen molar-refractivity contribution in [3.8, 4) is 0 Å². The van der Waals surface area contributed by atoms with Crippen molar-refractivity contribution in [3.63, 3.8) is 0 Å². The second-order valence-electron chi connectivity index (χ2n) is 8.78. The standard InChI is InChI=1S/C24H28F2N2O/c1-15(2)27-24(29)19-11-21(25)23(22(26)12-19)28-13-16(14-28)8-9-18-10-20(18)17-6-4-3-5-7-17/h3-7,11-12,15-16,18,20H,8-10,13-14H2,1-2H3,(H,27,29). The van der Waals surface area contributed by atoms with Crippen LogP contribution in [0, 0.1) is 23.5 Å². The summed E-state index contributed by atoms with van der Waals surface area (Å²) in [6.45, 7) is 4.97. The number of carbonyl (C=O) groups is 1. The Morgan fingerprint density at radius 1 is 1.10 bits per heavy atom. The number of amides is 1. The van der Waals surface area contributed by atoms with Crippen molar-refractivity contribution in [2.24, 2.45) is 11.8 Å². The fourth-order valence-electron chi connectivity index (χ4n) is 4.40. The molecule has 0 spiro atoms. The van der Waals surface area contributed by atoms with Crippen LogP contribution in [0.25, 0.3) is 0 Å². The van der Waals surface area contributed by atoms with E-state index in [2.05, 4.69) is 29.6 Å². The lowest BCUT2D eigenvalue weighted by atomic mass is 9.92. The molecular formula is C24H28F2N2O. The number of hydrogen-bond acceptors (Lipinski definition) is 2. The first kappa shape index (κ1) is 19.9. The summed E-state index contributed by atoms with van der Waals surface area (Å²) in [4.78, 5) is 13.8. The SMILES string of the molecule is CC(C)NC(=O)c1cc(F)c(N2CC(CCC3CC3c3ccccc3)C2)c(F)c1. The highest BCUT2D eigenvalue weighted by molar-refractivity contribution is 5.94. The van der Waals surface area contributed by atoms with E-state index in [1.807, 2.05) is 19.9 Å². The summed E-state index contributed by atoms with van der Waals surface area (Å²) in [5, 5.41) is 2.66. The summed E-state index contributed by atoms with van der Waals surface area (Å²) in [6, 6.07) is 12.8. The molecule has 1 saturated carbocycles. The number of halogens is 2. The lowest BCUT2D eigenvalue weighted by molar-refractivity contribution is 0.0942. The Morgan fingerprint density at radius 3 is 2.38 bits per heavy atom. The number of hydrogen-bond donors (Lipinski definition) is 1. The fraction of sp³-hybridized carbons (Fsp3) is 0.458. The first-order chi connectivity index (χ1) is 13.9. The van der Waals surface area contributed by atoms with E-state index in [4.69, 9.17) is 0 Å². The highest BCUT2D eigenvalue weighted by atomic mass is 19.1. The average molecular weight is 398 g/mol. The van der Waals surface area contributed by atoms with Gasteiger partial charge >= 0.3 is 0 Å². The first-order valence-electron chi connectivity index (χ1n) is 10.5. The summed E-state index contributed by atoms with van der Waals surface area (Å²) in [6.07, 6.45) is 3.53. The van der Waals surface area contributed by atoms with Crippen molar-refractivity contribution in [3.05, 3.63) is 65.2 Å². The maximum atomic E-state index is 14.5. The molecule has 3 nitrogen and oxygen atoms in total. The maximum absolute atomic E-state index is 14.5. The van der Waals surface area contributed by atoms with Gasteiger partial charge in [-0.2, -0.15) is 0 Å². The summed E-state index contributed by atoms with van der Waals surface area (Å²) >= 11 is 0. The topological polar surface area (TPSA) is 32.3 Å². The third-order valence-electron chi connectivity index (χ3n) is 6.07. The Balaban J connectivity index is 1.28. The van der Waals surface area contributed by atoms with Crippen molar-refractivity contribution >= 4 is 11.6 Å². The van der Waals surface area contributed by atoms with Gasteiger partial charge in [0.2, 0.25) is 0 Å². The zero-order chi connectivity index (χ0) is 20.5. The Hall–Kier alpha value is -2.43. The first-order valence-corrected chi connectivity index (χ1v) is 10.5. The summed E-state index contributed by atoms with van der Waals surface area (Å²) in [7, 11) is 0. The minimum Gasteiger partial charge on any atom is -0.366 e. The molecule has 2 unspecified atom stereocenters. The van der Waals surface area contributed by atoms with Crippen LogP contribution in [0.2, 0.25) is 0 Å². The summed E-state index contributed by atoms with van der Waals surface area (Å²) < 4.78 is 29.0. The lowest BCUT2D eigenvalue weighted by Crippen LogP contribution is -2.47. The van der Waals surface area contributed by atoms with Crippen LogP contribution in [0.1, 0.15) is 54.9 Å². The molecule has 29 heavy (non-hydrogen) atoms. The summed E-state index contributed by atoms with van der Waals surface area (Å²) in [5.74, 6) is 0.135. The van der Waals surface area contributed by atoms with E-state index in [1.54, 1.807) is 4.90 Å². The quantitative estimate of drug-likeness (QED) is 0.702. The molecule has 1 saturated heterocycles. The number of rotatable bonds is 7. The third-order valence-corrected chi connectivity index (χ3v) is 6.07. The smallest absolute Gasteiger partial charge is 0.251 e. The van der Waals surface area contributed by atoms with Gasteiger partial charge in [-0.05, 0) is 68.6 Å². The van der Waals surface area contributed by atoms with Crippen LogP contribution in [0.5, 0.6) is 0 Å². The Kier molecular flexibility index (Phi) is 5.57. The van der Waals surface area contributed by atoms with E-state index >= 15 is 0 Å². The molecule has 5 heteroatoms. The van der Waals surface area contributed by atoms with Crippen LogP contribution in [0.15, 0.2) is 42.5 Å². The van der Waals surface area contributed by atoms with Gasteiger partial charge < -0.3 is 10.2 Å². The van der Waals surface area contributed by atoms with Gasteiger partial charge in [-0.25, -0.2) is 8.78 Å². The highest BCUT2D eigenvalue weighted by Crippen LogP contribution is 2.50. The molecule has 0 radical (unpaired) electrons. The molecule has 1 amide bonds. The molecule has 2 aliphatic rings. The van der Waals surface area contributed by atoms with Crippen molar-refractivity contribution in [1.82, 2.24) is 5.32 Å². The van der Waals surface area contributed by atoms with Gasteiger partial charge in [-0.15, -0.1) is 0 Å². The molecule has 2 aromatic carbocycles. The lowest BCUT2D eigenvalue weighted by Gasteiger charge is -2.41. The van der Waals surface area contributed by atoms with Crippen LogP contribution >= 0.6 is 0 Å². The Morgan fingerprint density at radius 2 is 1.76 bits per heavy atom. The minimum absolute atomic E-state index is 0.00377. The predicted octanol–water partition coefficient (Wildman–Crippen LogP) is 5.12. The largest absolute Gasteiger partial charge is 0.366 e. The second-order valence-corrected chi connectivity index (χ2v) is 8.78. The number of nitrogens with one attached hydrogen (secondary N) is 1. The van der Waals surface area contributed by atoms with Gasteiger partial charge in [0.1, 0.15) is 17.3 Å². The Bertz CT molecular complexity index is 855. The highest BCUT2D eigenvalue weighted by Gasteiger charge is 2.39. The van der Waals surface area contributed by atoms with Gasteiger partial charge in [0, 0.05) is 24.7 Å². The van der Waals surface area contributed by atoms with Crippen LogP contribution in [0.3, 0.4) is 0 Å². The van der Waals surface area contributed by atoms with Crippen molar-refractivity contribution in [1.29, 1.82) is 0 Å². The fourth-order valence-corrected chi connectivity index (χ4v) is 4.40.